The highest BCUT2D eigenvalue weighted by atomic mass is 35.5. The van der Waals surface area contributed by atoms with Crippen LogP contribution in [-0.4, -0.2) is 6.18 Å². The molecule has 6 heteroatoms. The fourth-order valence-corrected chi connectivity index (χ4v) is 1.27. The summed E-state index contributed by atoms with van der Waals surface area (Å²) in [6, 6.07) is 2.61. The van der Waals surface area contributed by atoms with Crippen molar-refractivity contribution >= 4 is 12.4 Å². The number of rotatable bonds is 2. The molecule has 2 N–H and O–H groups in total. The van der Waals surface area contributed by atoms with Gasteiger partial charge in [0.1, 0.15) is 5.82 Å². The van der Waals surface area contributed by atoms with Gasteiger partial charge in [-0.05, 0) is 24.1 Å². The molecule has 0 radical (unpaired) electrons. The van der Waals surface area contributed by atoms with E-state index in [-0.39, 0.29) is 12.4 Å². The van der Waals surface area contributed by atoms with Gasteiger partial charge in [-0.3, -0.25) is 0 Å². The van der Waals surface area contributed by atoms with E-state index in [1.807, 2.05) is 0 Å². The Morgan fingerprint density at radius 1 is 1.31 bits per heavy atom. The minimum absolute atomic E-state index is 0. The Kier molecular flexibility index (Phi) is 5.22. The SMILES string of the molecule is Cc1cc([C@H](N)CC(F)(F)F)ccc1F.Cl. The molecule has 0 spiro atoms. The fourth-order valence-electron chi connectivity index (χ4n) is 1.27. The van der Waals surface area contributed by atoms with Gasteiger partial charge in [0.05, 0.1) is 6.42 Å². The molecule has 16 heavy (non-hydrogen) atoms. The highest BCUT2D eigenvalue weighted by molar-refractivity contribution is 5.85. The van der Waals surface area contributed by atoms with E-state index in [1.165, 1.54) is 19.1 Å². The van der Waals surface area contributed by atoms with Crippen LogP contribution in [-0.2, 0) is 0 Å². The molecule has 0 saturated heterocycles. The Bertz CT molecular complexity index is 351. The average molecular weight is 258 g/mol. The molecule has 1 aromatic carbocycles. The third kappa shape index (κ3) is 4.37. The Balaban J connectivity index is 0.00000225. The molecule has 0 bridgehead atoms. The molecule has 1 rings (SSSR count). The van der Waals surface area contributed by atoms with Gasteiger partial charge in [-0.15, -0.1) is 12.4 Å². The maximum absolute atomic E-state index is 12.8. The van der Waals surface area contributed by atoms with Gasteiger partial charge in [-0.1, -0.05) is 12.1 Å². The van der Waals surface area contributed by atoms with E-state index >= 15 is 0 Å². The van der Waals surface area contributed by atoms with E-state index in [1.54, 1.807) is 0 Å². The molecule has 0 aromatic heterocycles. The summed E-state index contributed by atoms with van der Waals surface area (Å²) in [5, 5.41) is 0. The fraction of sp³-hybridized carbons (Fsp3) is 0.400. The lowest BCUT2D eigenvalue weighted by Crippen LogP contribution is -2.20. The summed E-state index contributed by atoms with van der Waals surface area (Å²) in [5.74, 6) is -0.446. The summed E-state index contributed by atoms with van der Waals surface area (Å²) < 4.78 is 48.9. The lowest BCUT2D eigenvalue weighted by molar-refractivity contribution is -0.138. The molecule has 0 aliphatic carbocycles. The van der Waals surface area contributed by atoms with Gasteiger partial charge in [0.25, 0.3) is 0 Å². The molecule has 1 atom stereocenters. The summed E-state index contributed by atoms with van der Waals surface area (Å²) in [6.07, 6.45) is -5.40. The molecule has 0 aliphatic rings. The van der Waals surface area contributed by atoms with Gasteiger partial charge in [0, 0.05) is 6.04 Å². The summed E-state index contributed by atoms with van der Waals surface area (Å²) in [6.45, 7) is 1.49. The molecule has 1 nitrogen and oxygen atoms in total. The number of nitrogens with two attached hydrogens (primary N) is 1. The molecule has 0 aliphatic heterocycles. The first kappa shape index (κ1) is 15.2. The summed E-state index contributed by atoms with van der Waals surface area (Å²) in [4.78, 5) is 0. The number of hydrogen-bond acceptors (Lipinski definition) is 1. The first-order valence-corrected chi connectivity index (χ1v) is 4.38. The van der Waals surface area contributed by atoms with Crippen molar-refractivity contribution in [3.8, 4) is 0 Å². The second-order valence-corrected chi connectivity index (χ2v) is 3.43. The molecular formula is C10H12ClF4N. The zero-order chi connectivity index (χ0) is 11.6. The first-order valence-electron chi connectivity index (χ1n) is 4.38. The zero-order valence-electron chi connectivity index (χ0n) is 8.51. The monoisotopic (exact) mass is 257 g/mol. The number of aryl methyl sites for hydroxylation is 1. The van der Waals surface area contributed by atoms with Gasteiger partial charge in [0.15, 0.2) is 0 Å². The normalized spacial score (nSPS) is 13.1. The first-order chi connectivity index (χ1) is 6.79. The lowest BCUT2D eigenvalue weighted by atomic mass is 10.0. The summed E-state index contributed by atoms with van der Waals surface area (Å²) in [7, 11) is 0. The van der Waals surface area contributed by atoms with Crippen LogP contribution in [0, 0.1) is 12.7 Å². The number of hydrogen-bond donors (Lipinski definition) is 1. The van der Waals surface area contributed by atoms with Crippen molar-refractivity contribution in [1.29, 1.82) is 0 Å². The van der Waals surface area contributed by atoms with E-state index in [9.17, 15) is 17.6 Å². The van der Waals surface area contributed by atoms with E-state index in [0.717, 1.165) is 6.07 Å². The largest absolute Gasteiger partial charge is 0.390 e. The van der Waals surface area contributed by atoms with Crippen molar-refractivity contribution in [2.45, 2.75) is 25.6 Å². The molecule has 1 aromatic rings. The standard InChI is InChI=1S/C10H11F4N.ClH/c1-6-4-7(2-3-8(6)11)9(15)5-10(12,13)14;/h2-4,9H,5,15H2,1H3;1H/t9-;/m1./s1. The second kappa shape index (κ2) is 5.50. The topological polar surface area (TPSA) is 26.0 Å². The minimum Gasteiger partial charge on any atom is -0.324 e. The average Bonchev–Trinajstić information content (AvgIpc) is 2.06. The van der Waals surface area contributed by atoms with Crippen molar-refractivity contribution in [3.05, 3.63) is 35.1 Å². The van der Waals surface area contributed by atoms with E-state index in [4.69, 9.17) is 5.73 Å². The summed E-state index contributed by atoms with van der Waals surface area (Å²) in [5.41, 5.74) is 5.95. The Labute approximate surface area is 97.0 Å². The number of alkyl halides is 3. The zero-order valence-corrected chi connectivity index (χ0v) is 9.33. The molecule has 0 unspecified atom stereocenters. The maximum atomic E-state index is 12.8. The van der Waals surface area contributed by atoms with Crippen molar-refractivity contribution in [1.82, 2.24) is 0 Å². The van der Waals surface area contributed by atoms with Crippen LogP contribution in [0.25, 0.3) is 0 Å². The van der Waals surface area contributed by atoms with Crippen LogP contribution in [0.4, 0.5) is 17.6 Å². The molecule has 0 amide bonds. The highest BCUT2D eigenvalue weighted by Crippen LogP contribution is 2.28. The van der Waals surface area contributed by atoms with Crippen molar-refractivity contribution in [2.75, 3.05) is 0 Å². The Morgan fingerprint density at radius 2 is 1.88 bits per heavy atom. The molecule has 0 heterocycles. The van der Waals surface area contributed by atoms with Crippen molar-refractivity contribution in [2.24, 2.45) is 5.73 Å². The van der Waals surface area contributed by atoms with Gasteiger partial charge >= 0.3 is 6.18 Å². The van der Waals surface area contributed by atoms with Crippen LogP contribution in [0.5, 0.6) is 0 Å². The molecule has 92 valence electrons. The van der Waals surface area contributed by atoms with Crippen LogP contribution in [0.3, 0.4) is 0 Å². The molecular weight excluding hydrogens is 246 g/mol. The molecule has 0 saturated carbocycles. The lowest BCUT2D eigenvalue weighted by Gasteiger charge is -2.14. The quantitative estimate of drug-likeness (QED) is 0.806. The highest BCUT2D eigenvalue weighted by Gasteiger charge is 2.30. The summed E-state index contributed by atoms with van der Waals surface area (Å²) >= 11 is 0. The predicted octanol–water partition coefficient (Wildman–Crippen LogP) is 3.51. The number of halogens is 5. The predicted molar refractivity (Wildman–Crippen MR) is 56.0 cm³/mol. The van der Waals surface area contributed by atoms with Gasteiger partial charge in [0.2, 0.25) is 0 Å². The molecule has 0 fully saturated rings. The number of benzene rings is 1. The Morgan fingerprint density at radius 3 is 2.31 bits per heavy atom. The second-order valence-electron chi connectivity index (χ2n) is 3.43. The smallest absolute Gasteiger partial charge is 0.324 e. The maximum Gasteiger partial charge on any atom is 0.390 e. The van der Waals surface area contributed by atoms with Crippen LogP contribution >= 0.6 is 12.4 Å². The van der Waals surface area contributed by atoms with Crippen molar-refractivity contribution in [3.63, 3.8) is 0 Å². The van der Waals surface area contributed by atoms with E-state index < -0.39 is 24.5 Å². The third-order valence-electron chi connectivity index (χ3n) is 2.06. The van der Waals surface area contributed by atoms with Crippen LogP contribution in [0.15, 0.2) is 18.2 Å². The van der Waals surface area contributed by atoms with Gasteiger partial charge < -0.3 is 5.73 Å². The van der Waals surface area contributed by atoms with Crippen LogP contribution in [0.2, 0.25) is 0 Å². The third-order valence-corrected chi connectivity index (χ3v) is 2.06. The van der Waals surface area contributed by atoms with Crippen LogP contribution < -0.4 is 5.73 Å². The van der Waals surface area contributed by atoms with E-state index in [0.29, 0.717) is 11.1 Å². The Hall–Kier alpha value is -0.810. The minimum atomic E-state index is -4.30. The van der Waals surface area contributed by atoms with Crippen molar-refractivity contribution < 1.29 is 17.6 Å². The van der Waals surface area contributed by atoms with Crippen LogP contribution in [0.1, 0.15) is 23.6 Å². The van der Waals surface area contributed by atoms with Gasteiger partial charge in [-0.2, -0.15) is 13.2 Å². The van der Waals surface area contributed by atoms with E-state index in [2.05, 4.69) is 0 Å². The van der Waals surface area contributed by atoms with Gasteiger partial charge in [-0.25, -0.2) is 4.39 Å².